The Balaban J connectivity index is 2.55. The standard InChI is InChI=1S/C16H18ClN/c1-10-7-15(16(17)8-11(10)2)14-6-4-5-13(9-14)12(3)18/h4-9,12H,18H2,1-3H3. The second-order valence-electron chi connectivity index (χ2n) is 4.83. The monoisotopic (exact) mass is 259 g/mol. The third-order valence-electron chi connectivity index (χ3n) is 3.31. The molecule has 2 aromatic rings. The molecule has 0 fully saturated rings. The summed E-state index contributed by atoms with van der Waals surface area (Å²) in [7, 11) is 0. The molecule has 0 aliphatic heterocycles. The van der Waals surface area contributed by atoms with Crippen molar-refractivity contribution in [3.8, 4) is 11.1 Å². The number of nitrogens with two attached hydrogens (primary N) is 1. The van der Waals surface area contributed by atoms with Crippen molar-refractivity contribution >= 4 is 11.6 Å². The Bertz CT molecular complexity index is 573. The predicted molar refractivity (Wildman–Crippen MR) is 79.0 cm³/mol. The van der Waals surface area contributed by atoms with Crippen LogP contribution in [0.2, 0.25) is 5.02 Å². The lowest BCUT2D eigenvalue weighted by molar-refractivity contribution is 0.819. The molecule has 18 heavy (non-hydrogen) atoms. The van der Waals surface area contributed by atoms with Crippen molar-refractivity contribution in [2.45, 2.75) is 26.8 Å². The number of halogens is 1. The Morgan fingerprint density at radius 1 is 1.06 bits per heavy atom. The molecule has 0 heterocycles. The average molecular weight is 260 g/mol. The van der Waals surface area contributed by atoms with Gasteiger partial charge >= 0.3 is 0 Å². The summed E-state index contributed by atoms with van der Waals surface area (Å²) in [5.41, 5.74) is 11.7. The van der Waals surface area contributed by atoms with Crippen LogP contribution in [0.3, 0.4) is 0 Å². The van der Waals surface area contributed by atoms with Gasteiger partial charge < -0.3 is 5.73 Å². The summed E-state index contributed by atoms with van der Waals surface area (Å²) in [6, 6.07) is 12.4. The Labute approximate surface area is 114 Å². The minimum atomic E-state index is 0.0373. The minimum Gasteiger partial charge on any atom is -0.324 e. The summed E-state index contributed by atoms with van der Waals surface area (Å²) in [5, 5.41) is 0.792. The molecule has 0 aromatic heterocycles. The van der Waals surface area contributed by atoms with E-state index in [1.54, 1.807) is 0 Å². The zero-order valence-corrected chi connectivity index (χ0v) is 11.8. The maximum absolute atomic E-state index is 6.34. The first-order valence-electron chi connectivity index (χ1n) is 6.11. The highest BCUT2D eigenvalue weighted by Crippen LogP contribution is 2.31. The van der Waals surface area contributed by atoms with E-state index < -0.39 is 0 Å². The summed E-state index contributed by atoms with van der Waals surface area (Å²) in [4.78, 5) is 0. The molecule has 0 saturated carbocycles. The number of hydrogen-bond donors (Lipinski definition) is 1. The van der Waals surface area contributed by atoms with Crippen LogP contribution in [-0.4, -0.2) is 0 Å². The molecule has 0 amide bonds. The fraction of sp³-hybridized carbons (Fsp3) is 0.250. The highest BCUT2D eigenvalue weighted by atomic mass is 35.5. The number of aryl methyl sites for hydroxylation is 2. The molecule has 94 valence electrons. The van der Waals surface area contributed by atoms with Crippen LogP contribution in [0.15, 0.2) is 36.4 Å². The van der Waals surface area contributed by atoms with Gasteiger partial charge in [0.25, 0.3) is 0 Å². The Hall–Kier alpha value is -1.31. The first kappa shape index (κ1) is 13.1. The summed E-state index contributed by atoms with van der Waals surface area (Å²) in [6.07, 6.45) is 0. The lowest BCUT2D eigenvalue weighted by atomic mass is 9.97. The van der Waals surface area contributed by atoms with Crippen LogP contribution in [0.1, 0.15) is 29.7 Å². The molecule has 0 saturated heterocycles. The lowest BCUT2D eigenvalue weighted by Crippen LogP contribution is -2.04. The highest BCUT2D eigenvalue weighted by Gasteiger charge is 2.08. The van der Waals surface area contributed by atoms with Crippen LogP contribution in [-0.2, 0) is 0 Å². The van der Waals surface area contributed by atoms with Crippen molar-refractivity contribution in [3.05, 3.63) is 58.1 Å². The molecule has 0 aliphatic rings. The third kappa shape index (κ3) is 2.58. The van der Waals surface area contributed by atoms with Crippen LogP contribution in [0.4, 0.5) is 0 Å². The zero-order chi connectivity index (χ0) is 13.3. The molecule has 0 bridgehead atoms. The first-order chi connectivity index (χ1) is 8.49. The van der Waals surface area contributed by atoms with Crippen LogP contribution in [0.25, 0.3) is 11.1 Å². The molecule has 0 spiro atoms. The van der Waals surface area contributed by atoms with E-state index >= 15 is 0 Å². The van der Waals surface area contributed by atoms with E-state index in [-0.39, 0.29) is 6.04 Å². The van der Waals surface area contributed by atoms with Crippen LogP contribution in [0.5, 0.6) is 0 Å². The van der Waals surface area contributed by atoms with Crippen molar-refractivity contribution in [2.75, 3.05) is 0 Å². The largest absolute Gasteiger partial charge is 0.324 e. The molecular weight excluding hydrogens is 242 g/mol. The summed E-state index contributed by atoms with van der Waals surface area (Å²) in [6.45, 7) is 6.16. The van der Waals surface area contributed by atoms with Gasteiger partial charge in [0.05, 0.1) is 0 Å². The van der Waals surface area contributed by atoms with Crippen molar-refractivity contribution in [2.24, 2.45) is 5.73 Å². The molecular formula is C16H18ClN. The molecule has 2 heteroatoms. The SMILES string of the molecule is Cc1cc(Cl)c(-c2cccc(C(C)N)c2)cc1C. The van der Waals surface area contributed by atoms with Gasteiger partial charge in [-0.3, -0.25) is 0 Å². The predicted octanol–water partition coefficient (Wildman–Crippen LogP) is 4.64. The van der Waals surface area contributed by atoms with E-state index in [4.69, 9.17) is 17.3 Å². The zero-order valence-electron chi connectivity index (χ0n) is 11.0. The summed E-state index contributed by atoms with van der Waals surface area (Å²) >= 11 is 6.34. The second-order valence-corrected chi connectivity index (χ2v) is 5.24. The summed E-state index contributed by atoms with van der Waals surface area (Å²) in [5.74, 6) is 0. The smallest absolute Gasteiger partial charge is 0.0487 e. The van der Waals surface area contributed by atoms with Gasteiger partial charge in [0.1, 0.15) is 0 Å². The molecule has 2 rings (SSSR count). The van der Waals surface area contributed by atoms with E-state index in [0.29, 0.717) is 0 Å². The molecule has 1 atom stereocenters. The van der Waals surface area contributed by atoms with Crippen LogP contribution in [0, 0.1) is 13.8 Å². The van der Waals surface area contributed by atoms with Gasteiger partial charge in [-0.05, 0) is 61.2 Å². The van der Waals surface area contributed by atoms with Gasteiger partial charge in [0.2, 0.25) is 0 Å². The van der Waals surface area contributed by atoms with Gasteiger partial charge in [-0.2, -0.15) is 0 Å². The third-order valence-corrected chi connectivity index (χ3v) is 3.62. The first-order valence-corrected chi connectivity index (χ1v) is 6.49. The minimum absolute atomic E-state index is 0.0373. The van der Waals surface area contributed by atoms with Crippen LogP contribution < -0.4 is 5.73 Å². The Morgan fingerprint density at radius 3 is 2.39 bits per heavy atom. The quantitative estimate of drug-likeness (QED) is 0.835. The maximum atomic E-state index is 6.34. The van der Waals surface area contributed by atoms with E-state index in [0.717, 1.165) is 21.7 Å². The molecule has 0 aliphatic carbocycles. The number of benzene rings is 2. The molecule has 1 unspecified atom stereocenters. The molecule has 1 nitrogen and oxygen atoms in total. The van der Waals surface area contributed by atoms with E-state index in [9.17, 15) is 0 Å². The summed E-state index contributed by atoms with van der Waals surface area (Å²) < 4.78 is 0. The molecule has 2 N–H and O–H groups in total. The van der Waals surface area contributed by atoms with Crippen molar-refractivity contribution in [3.63, 3.8) is 0 Å². The molecule has 2 aromatic carbocycles. The Morgan fingerprint density at radius 2 is 1.72 bits per heavy atom. The van der Waals surface area contributed by atoms with E-state index in [1.165, 1.54) is 11.1 Å². The second kappa shape index (κ2) is 5.13. The van der Waals surface area contributed by atoms with Gasteiger partial charge in [-0.15, -0.1) is 0 Å². The highest BCUT2D eigenvalue weighted by molar-refractivity contribution is 6.33. The lowest BCUT2D eigenvalue weighted by Gasteiger charge is -2.11. The molecule has 0 radical (unpaired) electrons. The number of hydrogen-bond acceptors (Lipinski definition) is 1. The number of rotatable bonds is 2. The van der Waals surface area contributed by atoms with Gasteiger partial charge in [-0.1, -0.05) is 29.8 Å². The fourth-order valence-corrected chi connectivity index (χ4v) is 2.32. The van der Waals surface area contributed by atoms with Crippen LogP contribution >= 0.6 is 11.6 Å². The normalized spacial score (nSPS) is 12.5. The Kier molecular flexibility index (Phi) is 3.74. The van der Waals surface area contributed by atoms with E-state index in [1.807, 2.05) is 25.1 Å². The average Bonchev–Trinajstić information content (AvgIpc) is 2.34. The van der Waals surface area contributed by atoms with Crippen molar-refractivity contribution < 1.29 is 0 Å². The van der Waals surface area contributed by atoms with E-state index in [2.05, 4.69) is 32.0 Å². The maximum Gasteiger partial charge on any atom is 0.0487 e. The van der Waals surface area contributed by atoms with Crippen molar-refractivity contribution in [1.29, 1.82) is 0 Å². The topological polar surface area (TPSA) is 26.0 Å². The van der Waals surface area contributed by atoms with Gasteiger partial charge in [0.15, 0.2) is 0 Å². The van der Waals surface area contributed by atoms with Gasteiger partial charge in [0, 0.05) is 16.6 Å². The fourth-order valence-electron chi connectivity index (χ4n) is 1.99. The van der Waals surface area contributed by atoms with Gasteiger partial charge in [-0.25, -0.2) is 0 Å². The van der Waals surface area contributed by atoms with Crippen molar-refractivity contribution in [1.82, 2.24) is 0 Å².